The predicted octanol–water partition coefficient (Wildman–Crippen LogP) is 2.95. The SMILES string of the molecule is Cc1cc(N2C(=O)c3ccc(-c4nc5ccccc5c(=O)o4)cc3C2=O)no1. The van der Waals surface area contributed by atoms with E-state index in [0.29, 0.717) is 22.2 Å². The lowest BCUT2D eigenvalue weighted by Crippen LogP contribution is -2.29. The fourth-order valence-corrected chi connectivity index (χ4v) is 3.18. The number of carbonyl (C=O) groups is 2. The minimum Gasteiger partial charge on any atom is -0.403 e. The van der Waals surface area contributed by atoms with Crippen LogP contribution < -0.4 is 10.5 Å². The van der Waals surface area contributed by atoms with Crippen LogP contribution in [0, 0.1) is 6.92 Å². The van der Waals surface area contributed by atoms with Gasteiger partial charge in [-0.15, -0.1) is 0 Å². The molecule has 0 radical (unpaired) electrons. The highest BCUT2D eigenvalue weighted by Gasteiger charge is 2.38. The molecule has 0 aliphatic carbocycles. The smallest absolute Gasteiger partial charge is 0.347 e. The summed E-state index contributed by atoms with van der Waals surface area (Å²) in [6, 6.07) is 12.9. The molecule has 0 atom stereocenters. The molecule has 2 aromatic carbocycles. The van der Waals surface area contributed by atoms with Crippen molar-refractivity contribution in [2.45, 2.75) is 6.92 Å². The van der Waals surface area contributed by atoms with Crippen LogP contribution in [0.2, 0.25) is 0 Å². The van der Waals surface area contributed by atoms with Gasteiger partial charge in [0.25, 0.3) is 11.8 Å². The summed E-state index contributed by atoms with van der Waals surface area (Å²) in [6.45, 7) is 1.67. The number of para-hydroxylation sites is 1. The summed E-state index contributed by atoms with van der Waals surface area (Å²) in [5, 5.41) is 4.11. The van der Waals surface area contributed by atoms with Crippen molar-refractivity contribution in [3.05, 3.63) is 75.8 Å². The van der Waals surface area contributed by atoms with Crippen molar-refractivity contribution in [1.29, 1.82) is 0 Å². The van der Waals surface area contributed by atoms with E-state index in [9.17, 15) is 14.4 Å². The number of benzene rings is 2. The molecule has 4 aromatic rings. The number of carbonyl (C=O) groups excluding carboxylic acids is 2. The zero-order valence-corrected chi connectivity index (χ0v) is 14.5. The number of nitrogens with zero attached hydrogens (tertiary/aromatic N) is 3. The van der Waals surface area contributed by atoms with Crippen molar-refractivity contribution >= 4 is 28.5 Å². The van der Waals surface area contributed by atoms with E-state index in [1.807, 2.05) is 0 Å². The first kappa shape index (κ1) is 16.1. The van der Waals surface area contributed by atoms with E-state index >= 15 is 0 Å². The van der Waals surface area contributed by atoms with E-state index < -0.39 is 17.4 Å². The number of anilines is 1. The predicted molar refractivity (Wildman–Crippen MR) is 98.1 cm³/mol. The highest BCUT2D eigenvalue weighted by atomic mass is 16.5. The van der Waals surface area contributed by atoms with E-state index in [-0.39, 0.29) is 22.8 Å². The van der Waals surface area contributed by atoms with E-state index in [4.69, 9.17) is 8.94 Å². The molecule has 0 N–H and O–H groups in total. The van der Waals surface area contributed by atoms with Crippen molar-refractivity contribution in [3.63, 3.8) is 0 Å². The van der Waals surface area contributed by atoms with Crippen LogP contribution in [-0.4, -0.2) is 22.0 Å². The molecule has 2 amide bonds. The highest BCUT2D eigenvalue weighted by Crippen LogP contribution is 2.31. The molecule has 0 fully saturated rings. The molecule has 1 aliphatic rings. The van der Waals surface area contributed by atoms with Gasteiger partial charge in [-0.1, -0.05) is 17.3 Å². The lowest BCUT2D eigenvalue weighted by Gasteiger charge is -2.07. The Bertz CT molecular complexity index is 1350. The molecule has 0 bridgehead atoms. The molecule has 0 saturated carbocycles. The molecule has 1 aliphatic heterocycles. The number of rotatable bonds is 2. The van der Waals surface area contributed by atoms with Gasteiger partial charge in [0.15, 0.2) is 5.82 Å². The van der Waals surface area contributed by atoms with Crippen LogP contribution in [0.4, 0.5) is 5.82 Å². The standard InChI is InChI=1S/C20H11N3O5/c1-10-8-16(22-28-10)23-18(24)12-7-6-11(9-14(12)19(23)25)17-21-15-5-3-2-4-13(15)20(26)27-17/h2-9H,1H3. The van der Waals surface area contributed by atoms with Gasteiger partial charge in [-0.3, -0.25) is 9.59 Å². The molecular weight excluding hydrogens is 362 g/mol. The van der Waals surface area contributed by atoms with Gasteiger partial charge < -0.3 is 8.94 Å². The number of amides is 2. The Morgan fingerprint density at radius 3 is 2.50 bits per heavy atom. The summed E-state index contributed by atoms with van der Waals surface area (Å²) in [5.41, 5.74) is 0.791. The Morgan fingerprint density at radius 2 is 1.71 bits per heavy atom. The molecule has 136 valence electrons. The third-order valence-electron chi connectivity index (χ3n) is 4.51. The number of aryl methyl sites for hydroxylation is 1. The number of hydrogen-bond acceptors (Lipinski definition) is 7. The average molecular weight is 373 g/mol. The second-order valence-corrected chi connectivity index (χ2v) is 6.33. The van der Waals surface area contributed by atoms with Crippen molar-refractivity contribution in [2.24, 2.45) is 0 Å². The summed E-state index contributed by atoms with van der Waals surface area (Å²) < 4.78 is 10.3. The summed E-state index contributed by atoms with van der Waals surface area (Å²) >= 11 is 0. The third-order valence-corrected chi connectivity index (χ3v) is 4.51. The first-order valence-corrected chi connectivity index (χ1v) is 8.39. The maximum absolute atomic E-state index is 12.8. The normalized spacial score (nSPS) is 13.4. The van der Waals surface area contributed by atoms with Crippen molar-refractivity contribution < 1.29 is 18.5 Å². The molecule has 0 unspecified atom stereocenters. The molecule has 0 saturated heterocycles. The largest absolute Gasteiger partial charge is 0.403 e. The molecule has 0 spiro atoms. The number of fused-ring (bicyclic) bond motifs is 2. The number of aromatic nitrogens is 2. The fraction of sp³-hybridized carbons (Fsp3) is 0.0500. The van der Waals surface area contributed by atoms with E-state index in [2.05, 4.69) is 10.1 Å². The van der Waals surface area contributed by atoms with Crippen molar-refractivity contribution in [1.82, 2.24) is 10.1 Å². The third kappa shape index (κ3) is 2.28. The molecule has 3 heterocycles. The molecule has 28 heavy (non-hydrogen) atoms. The maximum Gasteiger partial charge on any atom is 0.347 e. The Labute approximate surface area is 157 Å². The fourth-order valence-electron chi connectivity index (χ4n) is 3.18. The van der Waals surface area contributed by atoms with Crippen LogP contribution >= 0.6 is 0 Å². The Hall–Kier alpha value is -4.07. The van der Waals surface area contributed by atoms with Gasteiger partial charge in [-0.2, -0.15) is 0 Å². The van der Waals surface area contributed by atoms with Gasteiger partial charge in [0.1, 0.15) is 5.76 Å². The first-order valence-electron chi connectivity index (χ1n) is 8.39. The lowest BCUT2D eigenvalue weighted by molar-refractivity contribution is 0.0924. The summed E-state index contributed by atoms with van der Waals surface area (Å²) in [7, 11) is 0. The van der Waals surface area contributed by atoms with Gasteiger partial charge in [-0.05, 0) is 37.3 Å². The van der Waals surface area contributed by atoms with Gasteiger partial charge in [0.05, 0.1) is 22.0 Å². The second-order valence-electron chi connectivity index (χ2n) is 6.33. The van der Waals surface area contributed by atoms with Crippen LogP contribution in [0.3, 0.4) is 0 Å². The van der Waals surface area contributed by atoms with Crippen LogP contribution in [0.25, 0.3) is 22.4 Å². The highest BCUT2D eigenvalue weighted by molar-refractivity contribution is 6.34. The molecular formula is C20H11N3O5. The Balaban J connectivity index is 1.62. The zero-order chi connectivity index (χ0) is 19.4. The lowest BCUT2D eigenvalue weighted by atomic mass is 10.1. The summed E-state index contributed by atoms with van der Waals surface area (Å²) in [6.07, 6.45) is 0. The monoisotopic (exact) mass is 373 g/mol. The summed E-state index contributed by atoms with van der Waals surface area (Å²) in [5.74, 6) is -0.344. The van der Waals surface area contributed by atoms with Gasteiger partial charge in [0, 0.05) is 11.6 Å². The van der Waals surface area contributed by atoms with Gasteiger partial charge >= 0.3 is 5.63 Å². The second kappa shape index (κ2) is 5.71. The molecule has 2 aromatic heterocycles. The minimum absolute atomic E-state index is 0.0717. The quantitative estimate of drug-likeness (QED) is 0.497. The Morgan fingerprint density at radius 1 is 0.929 bits per heavy atom. The number of hydrogen-bond donors (Lipinski definition) is 0. The van der Waals surface area contributed by atoms with Crippen LogP contribution in [-0.2, 0) is 0 Å². The Kier molecular flexibility index (Phi) is 3.29. The van der Waals surface area contributed by atoms with Crippen molar-refractivity contribution in [3.8, 4) is 11.5 Å². The van der Waals surface area contributed by atoms with Gasteiger partial charge in [-0.25, -0.2) is 14.7 Å². The molecule has 8 nitrogen and oxygen atoms in total. The van der Waals surface area contributed by atoms with Crippen LogP contribution in [0.1, 0.15) is 26.5 Å². The molecule has 5 rings (SSSR count). The maximum atomic E-state index is 12.8. The van der Waals surface area contributed by atoms with Crippen LogP contribution in [0.5, 0.6) is 0 Å². The van der Waals surface area contributed by atoms with Crippen LogP contribution in [0.15, 0.2) is 62.3 Å². The van der Waals surface area contributed by atoms with E-state index in [1.54, 1.807) is 37.3 Å². The minimum atomic E-state index is -0.529. The average Bonchev–Trinajstić information content (AvgIpc) is 3.22. The first-order chi connectivity index (χ1) is 13.5. The summed E-state index contributed by atoms with van der Waals surface area (Å²) in [4.78, 5) is 42.9. The van der Waals surface area contributed by atoms with Crippen molar-refractivity contribution in [2.75, 3.05) is 4.90 Å². The zero-order valence-electron chi connectivity index (χ0n) is 14.5. The topological polar surface area (TPSA) is 107 Å². The van der Waals surface area contributed by atoms with Gasteiger partial charge in [0.2, 0.25) is 5.89 Å². The number of imide groups is 1. The molecule has 8 heteroatoms. The van der Waals surface area contributed by atoms with E-state index in [0.717, 1.165) is 4.90 Å². The van der Waals surface area contributed by atoms with E-state index in [1.165, 1.54) is 18.2 Å².